The van der Waals surface area contributed by atoms with Crippen molar-refractivity contribution in [3.63, 3.8) is 0 Å². The molecule has 2 fully saturated rings. The van der Waals surface area contributed by atoms with Gasteiger partial charge in [-0.3, -0.25) is 0 Å². The Hall–Kier alpha value is -0.820. The highest BCUT2D eigenvalue weighted by Crippen LogP contribution is 2.17. The molecule has 1 atom stereocenters. The Morgan fingerprint density at radius 1 is 0.952 bits per heavy atom. The third kappa shape index (κ3) is 5.47. The molecule has 0 radical (unpaired) electrons. The van der Waals surface area contributed by atoms with Gasteiger partial charge in [-0.2, -0.15) is 0 Å². The summed E-state index contributed by atoms with van der Waals surface area (Å²) in [6.07, 6.45) is 9.82. The van der Waals surface area contributed by atoms with Crippen molar-refractivity contribution in [2.45, 2.75) is 63.5 Å². The van der Waals surface area contributed by atoms with Crippen LogP contribution in [-0.4, -0.2) is 50.2 Å². The van der Waals surface area contributed by atoms with Gasteiger partial charge in [0.25, 0.3) is 0 Å². The van der Waals surface area contributed by atoms with E-state index in [-0.39, 0.29) is 18.1 Å². The number of hydrogen-bond donors (Lipinski definition) is 2. The van der Waals surface area contributed by atoms with E-state index >= 15 is 0 Å². The molecule has 1 saturated heterocycles. The Morgan fingerprint density at radius 2 is 1.52 bits per heavy atom. The minimum absolute atomic E-state index is 0.0840. The maximum absolute atomic E-state index is 12.1. The Balaban J connectivity index is 1.79. The lowest BCUT2D eigenvalue weighted by molar-refractivity contribution is 0.221. The fraction of sp³-hybridized carbons (Fsp3) is 0.929. The van der Waals surface area contributed by atoms with Crippen LogP contribution in [0.2, 0.25) is 0 Å². The van der Waals surface area contributed by atoms with Crippen LogP contribution in [0, 0.1) is 0 Å². The van der Waals surface area contributed by atoms with Crippen LogP contribution in [0.4, 0.5) is 4.79 Å². The number of amides is 2. The first kappa shape index (κ1) is 16.5. The number of urea groups is 1. The largest absolute Gasteiger partial charge is 0.335 e. The second-order valence-corrected chi connectivity index (χ2v) is 8.25. The maximum atomic E-state index is 12.1. The zero-order valence-electron chi connectivity index (χ0n) is 12.8. The number of carbonyl (C=O) groups is 1. The van der Waals surface area contributed by atoms with Gasteiger partial charge in [-0.05, 0) is 25.7 Å². The van der Waals surface area contributed by atoms with Gasteiger partial charge in [-0.15, -0.1) is 0 Å². The van der Waals surface area contributed by atoms with Crippen LogP contribution >= 0.6 is 0 Å². The van der Waals surface area contributed by atoms with E-state index in [0.29, 0.717) is 13.1 Å². The molecular weight excluding hydrogens is 290 g/mol. The first-order chi connectivity index (χ1) is 9.95. The highest BCUT2D eigenvalue weighted by atomic mass is 32.2. The van der Waals surface area contributed by atoms with E-state index in [1.807, 2.05) is 0 Å². The van der Waals surface area contributed by atoms with E-state index in [2.05, 4.69) is 10.6 Å². The van der Waals surface area contributed by atoms with Crippen LogP contribution in [0.25, 0.3) is 0 Å². The molecule has 1 aliphatic carbocycles. The van der Waals surface area contributed by atoms with Gasteiger partial charge in [0.1, 0.15) is 0 Å². The molecule has 1 unspecified atom stereocenters. The van der Waals surface area contributed by atoms with Crippen molar-refractivity contribution in [1.82, 2.24) is 14.9 Å². The lowest BCUT2D eigenvalue weighted by Gasteiger charge is -2.31. The van der Waals surface area contributed by atoms with Gasteiger partial charge in [0.15, 0.2) is 0 Å². The first-order valence-electron chi connectivity index (χ1n) is 7.97. The van der Waals surface area contributed by atoms with Crippen LogP contribution in [0.5, 0.6) is 0 Å². The number of hydrogen-bond acceptors (Lipinski definition) is 3. The molecule has 1 saturated carbocycles. The monoisotopic (exact) mass is 317 g/mol. The van der Waals surface area contributed by atoms with Gasteiger partial charge in [0, 0.05) is 25.2 Å². The standard InChI is InChI=1S/C14H27N3O3S/c1-21(19,20)17-10-6-9-13(11-17)16-14(18)15-12-7-4-2-3-5-8-12/h12-13H,2-11H2,1H3,(H2,15,16,18). The molecule has 1 heterocycles. The maximum Gasteiger partial charge on any atom is 0.315 e. The Bertz CT molecular complexity index is 444. The van der Waals surface area contributed by atoms with E-state index in [1.54, 1.807) is 0 Å². The number of nitrogens with one attached hydrogen (secondary N) is 2. The second-order valence-electron chi connectivity index (χ2n) is 6.27. The lowest BCUT2D eigenvalue weighted by Crippen LogP contribution is -2.53. The minimum atomic E-state index is -3.16. The number of carbonyl (C=O) groups excluding carboxylic acids is 1. The molecule has 1 aliphatic heterocycles. The fourth-order valence-corrected chi connectivity index (χ4v) is 4.11. The van der Waals surface area contributed by atoms with E-state index in [4.69, 9.17) is 0 Å². The SMILES string of the molecule is CS(=O)(=O)N1CCCC(NC(=O)NC2CCCCCC2)C1. The van der Waals surface area contributed by atoms with E-state index in [0.717, 1.165) is 25.7 Å². The third-order valence-electron chi connectivity index (χ3n) is 4.38. The number of piperidine rings is 1. The van der Waals surface area contributed by atoms with Crippen LogP contribution in [0.1, 0.15) is 51.4 Å². The Labute approximate surface area is 127 Å². The van der Waals surface area contributed by atoms with E-state index < -0.39 is 10.0 Å². The molecule has 6 nitrogen and oxygen atoms in total. The van der Waals surface area contributed by atoms with Crippen molar-refractivity contribution in [2.24, 2.45) is 0 Å². The molecular formula is C14H27N3O3S. The molecule has 2 aliphatic rings. The topological polar surface area (TPSA) is 78.5 Å². The Morgan fingerprint density at radius 3 is 2.14 bits per heavy atom. The van der Waals surface area contributed by atoms with Crippen molar-refractivity contribution in [1.29, 1.82) is 0 Å². The molecule has 21 heavy (non-hydrogen) atoms. The molecule has 0 spiro atoms. The zero-order valence-corrected chi connectivity index (χ0v) is 13.6. The fourth-order valence-electron chi connectivity index (χ4n) is 3.20. The normalized spacial score (nSPS) is 26.0. The summed E-state index contributed by atoms with van der Waals surface area (Å²) >= 11 is 0. The lowest BCUT2D eigenvalue weighted by atomic mass is 10.1. The van der Waals surface area contributed by atoms with Crippen LogP contribution < -0.4 is 10.6 Å². The van der Waals surface area contributed by atoms with Crippen LogP contribution in [-0.2, 0) is 10.0 Å². The summed E-state index contributed by atoms with van der Waals surface area (Å²) in [7, 11) is -3.16. The summed E-state index contributed by atoms with van der Waals surface area (Å²) < 4.78 is 24.6. The predicted molar refractivity (Wildman–Crippen MR) is 82.6 cm³/mol. The summed E-state index contributed by atoms with van der Waals surface area (Å²) in [5.41, 5.74) is 0. The van der Waals surface area contributed by atoms with Crippen LogP contribution in [0.3, 0.4) is 0 Å². The minimum Gasteiger partial charge on any atom is -0.335 e. The smallest absolute Gasteiger partial charge is 0.315 e. The molecule has 2 N–H and O–H groups in total. The summed E-state index contributed by atoms with van der Waals surface area (Å²) in [5, 5.41) is 5.97. The van der Waals surface area contributed by atoms with Gasteiger partial charge in [0.05, 0.1) is 6.26 Å². The molecule has 0 bridgehead atoms. The number of rotatable bonds is 3. The van der Waals surface area contributed by atoms with Gasteiger partial charge in [0.2, 0.25) is 10.0 Å². The molecule has 0 aromatic heterocycles. The third-order valence-corrected chi connectivity index (χ3v) is 5.65. The van der Waals surface area contributed by atoms with Crippen molar-refractivity contribution in [2.75, 3.05) is 19.3 Å². The summed E-state index contributed by atoms with van der Waals surface area (Å²) in [5.74, 6) is 0. The molecule has 7 heteroatoms. The van der Waals surface area contributed by atoms with Crippen molar-refractivity contribution < 1.29 is 13.2 Å². The van der Waals surface area contributed by atoms with Gasteiger partial charge < -0.3 is 10.6 Å². The average Bonchev–Trinajstić information content (AvgIpc) is 2.66. The first-order valence-corrected chi connectivity index (χ1v) is 9.82. The molecule has 2 rings (SSSR count). The molecule has 2 amide bonds. The summed E-state index contributed by atoms with van der Waals surface area (Å²) in [4.78, 5) is 12.1. The summed E-state index contributed by atoms with van der Waals surface area (Å²) in [6, 6.07) is 0.0311. The molecule has 0 aromatic carbocycles. The van der Waals surface area contributed by atoms with Crippen molar-refractivity contribution in [3.8, 4) is 0 Å². The second kappa shape index (κ2) is 7.45. The van der Waals surface area contributed by atoms with E-state index in [1.165, 1.54) is 36.2 Å². The zero-order chi connectivity index (χ0) is 15.3. The summed E-state index contributed by atoms with van der Waals surface area (Å²) in [6.45, 7) is 0.943. The van der Waals surface area contributed by atoms with Gasteiger partial charge in [-0.1, -0.05) is 25.7 Å². The van der Waals surface area contributed by atoms with E-state index in [9.17, 15) is 13.2 Å². The molecule has 0 aromatic rings. The quantitative estimate of drug-likeness (QED) is 0.773. The highest BCUT2D eigenvalue weighted by Gasteiger charge is 2.27. The number of sulfonamides is 1. The average molecular weight is 317 g/mol. The number of nitrogens with zero attached hydrogens (tertiary/aromatic N) is 1. The van der Waals surface area contributed by atoms with Gasteiger partial charge >= 0.3 is 6.03 Å². The Kier molecular flexibility index (Phi) is 5.87. The predicted octanol–water partition coefficient (Wildman–Crippen LogP) is 1.43. The highest BCUT2D eigenvalue weighted by molar-refractivity contribution is 7.88. The van der Waals surface area contributed by atoms with Crippen molar-refractivity contribution >= 4 is 16.1 Å². The molecule has 122 valence electrons. The van der Waals surface area contributed by atoms with Gasteiger partial charge in [-0.25, -0.2) is 17.5 Å². The van der Waals surface area contributed by atoms with Crippen LogP contribution in [0.15, 0.2) is 0 Å². The van der Waals surface area contributed by atoms with Crippen molar-refractivity contribution in [3.05, 3.63) is 0 Å².